The Morgan fingerprint density at radius 2 is 1.48 bits per heavy atom. The van der Waals surface area contributed by atoms with E-state index in [9.17, 15) is 8.42 Å². The van der Waals surface area contributed by atoms with Crippen LogP contribution in [-0.2, 0) is 16.4 Å². The van der Waals surface area contributed by atoms with E-state index in [-0.39, 0.29) is 0 Å². The van der Waals surface area contributed by atoms with E-state index in [2.05, 4.69) is 36.1 Å². The Hall–Kier alpha value is -2.21. The Morgan fingerprint density at radius 3 is 2.21 bits per heavy atom. The van der Waals surface area contributed by atoms with Gasteiger partial charge in [0.15, 0.2) is 0 Å². The molecule has 5 heteroatoms. The van der Waals surface area contributed by atoms with Crippen molar-refractivity contribution in [3.8, 4) is 0 Å². The topological polar surface area (TPSA) is 40.6 Å². The van der Waals surface area contributed by atoms with Crippen LogP contribution in [0.2, 0.25) is 0 Å². The molecule has 1 fully saturated rings. The van der Waals surface area contributed by atoms with Crippen LogP contribution >= 0.6 is 0 Å². The summed E-state index contributed by atoms with van der Waals surface area (Å²) in [7, 11) is -3.45. The van der Waals surface area contributed by atoms with Crippen LogP contribution in [0, 0.1) is 0 Å². The lowest BCUT2D eigenvalue weighted by molar-refractivity contribution is 0.140. The lowest BCUT2D eigenvalue weighted by Crippen LogP contribution is -2.51. The van der Waals surface area contributed by atoms with E-state index in [0.29, 0.717) is 24.0 Å². The molecule has 3 aromatic rings. The Labute approximate surface area is 173 Å². The van der Waals surface area contributed by atoms with Crippen LogP contribution in [0.15, 0.2) is 77.7 Å². The maximum atomic E-state index is 13.1. The van der Waals surface area contributed by atoms with Gasteiger partial charge in [0.2, 0.25) is 10.0 Å². The molecule has 0 N–H and O–H groups in total. The second kappa shape index (κ2) is 8.66. The van der Waals surface area contributed by atoms with Crippen molar-refractivity contribution in [1.82, 2.24) is 9.21 Å². The van der Waals surface area contributed by atoms with E-state index in [1.165, 1.54) is 5.56 Å². The van der Waals surface area contributed by atoms with Gasteiger partial charge >= 0.3 is 0 Å². The van der Waals surface area contributed by atoms with Crippen molar-refractivity contribution >= 4 is 20.8 Å². The highest BCUT2D eigenvalue weighted by atomic mass is 32.2. The van der Waals surface area contributed by atoms with Crippen LogP contribution in [0.1, 0.15) is 18.9 Å². The predicted molar refractivity (Wildman–Crippen MR) is 119 cm³/mol. The minimum absolute atomic E-state index is 0.391. The number of benzene rings is 3. The van der Waals surface area contributed by atoms with Crippen LogP contribution in [0.4, 0.5) is 0 Å². The van der Waals surface area contributed by atoms with Gasteiger partial charge in [0.25, 0.3) is 0 Å². The molecule has 0 radical (unpaired) electrons. The molecular formula is C24H28N2O2S. The van der Waals surface area contributed by atoms with Gasteiger partial charge in [-0.3, -0.25) is 4.90 Å². The van der Waals surface area contributed by atoms with Crippen LogP contribution in [0.5, 0.6) is 0 Å². The van der Waals surface area contributed by atoms with Crippen molar-refractivity contribution in [1.29, 1.82) is 0 Å². The third-order valence-corrected chi connectivity index (χ3v) is 7.84. The molecule has 0 saturated carbocycles. The van der Waals surface area contributed by atoms with E-state index in [0.717, 1.165) is 36.7 Å². The van der Waals surface area contributed by atoms with Crippen LogP contribution in [-0.4, -0.2) is 49.8 Å². The summed E-state index contributed by atoms with van der Waals surface area (Å²) in [5.74, 6) is 0. The third kappa shape index (κ3) is 4.53. The molecule has 29 heavy (non-hydrogen) atoms. The van der Waals surface area contributed by atoms with E-state index in [1.807, 2.05) is 36.4 Å². The van der Waals surface area contributed by atoms with E-state index in [4.69, 9.17) is 0 Å². The summed E-state index contributed by atoms with van der Waals surface area (Å²) in [4.78, 5) is 2.80. The summed E-state index contributed by atoms with van der Waals surface area (Å²) in [6, 6.07) is 24.3. The first-order chi connectivity index (χ1) is 14.0. The van der Waals surface area contributed by atoms with E-state index in [1.54, 1.807) is 16.4 Å². The first-order valence-corrected chi connectivity index (χ1v) is 11.7. The van der Waals surface area contributed by atoms with Gasteiger partial charge in [-0.15, -0.1) is 0 Å². The standard InChI is InChI=1S/C24H28N2O2S/c1-20(11-12-21-7-3-2-4-8-21)25-15-17-26(18-16-25)29(27,28)24-14-13-22-9-5-6-10-23(22)19-24/h2-10,13-14,19-20H,11-12,15-18H2,1H3/t20-/m0/s1. The molecule has 0 unspecified atom stereocenters. The fourth-order valence-corrected chi connectivity index (χ4v) is 5.52. The van der Waals surface area contributed by atoms with Gasteiger partial charge in [0.05, 0.1) is 4.90 Å². The first-order valence-electron chi connectivity index (χ1n) is 10.3. The number of piperazine rings is 1. The summed E-state index contributed by atoms with van der Waals surface area (Å²) >= 11 is 0. The van der Waals surface area contributed by atoms with Crippen molar-refractivity contribution in [3.05, 3.63) is 78.4 Å². The zero-order valence-corrected chi connectivity index (χ0v) is 17.7. The first kappa shape index (κ1) is 20.1. The number of rotatable bonds is 6. The highest BCUT2D eigenvalue weighted by Gasteiger charge is 2.30. The van der Waals surface area contributed by atoms with Crippen molar-refractivity contribution < 1.29 is 8.42 Å². The summed E-state index contributed by atoms with van der Waals surface area (Å²) in [5, 5.41) is 2.02. The molecule has 0 aliphatic carbocycles. The van der Waals surface area contributed by atoms with Gasteiger partial charge in [-0.1, -0.05) is 60.7 Å². The lowest BCUT2D eigenvalue weighted by Gasteiger charge is -2.37. The van der Waals surface area contributed by atoms with Crippen LogP contribution < -0.4 is 0 Å². The SMILES string of the molecule is C[C@@H](CCc1ccccc1)N1CCN(S(=O)(=O)c2ccc3ccccc3c2)CC1. The Kier molecular flexibility index (Phi) is 5.99. The highest BCUT2D eigenvalue weighted by molar-refractivity contribution is 7.89. The fourth-order valence-electron chi connectivity index (χ4n) is 4.06. The molecule has 4 rings (SSSR count). The normalized spacial score (nSPS) is 17.4. The largest absolute Gasteiger partial charge is 0.298 e. The van der Waals surface area contributed by atoms with Crippen LogP contribution in [0.3, 0.4) is 0 Å². The molecule has 0 aromatic heterocycles. The average Bonchev–Trinajstić information content (AvgIpc) is 2.78. The monoisotopic (exact) mass is 408 g/mol. The summed E-state index contributed by atoms with van der Waals surface area (Å²) in [5.41, 5.74) is 1.36. The predicted octanol–water partition coefficient (Wildman–Crippen LogP) is 4.17. The minimum Gasteiger partial charge on any atom is -0.298 e. The average molecular weight is 409 g/mol. The number of nitrogens with zero attached hydrogens (tertiary/aromatic N) is 2. The molecule has 0 spiro atoms. The molecule has 4 nitrogen and oxygen atoms in total. The molecule has 0 bridgehead atoms. The van der Waals surface area contributed by atoms with Gasteiger partial charge in [-0.05, 0) is 48.2 Å². The smallest absolute Gasteiger partial charge is 0.243 e. The lowest BCUT2D eigenvalue weighted by atomic mass is 10.0. The van der Waals surface area contributed by atoms with Gasteiger partial charge in [-0.2, -0.15) is 4.31 Å². The number of hydrogen-bond acceptors (Lipinski definition) is 3. The molecule has 1 saturated heterocycles. The molecule has 1 atom stereocenters. The highest BCUT2D eigenvalue weighted by Crippen LogP contribution is 2.23. The fraction of sp³-hybridized carbons (Fsp3) is 0.333. The summed E-state index contributed by atoms with van der Waals surface area (Å²) in [6.07, 6.45) is 2.14. The maximum Gasteiger partial charge on any atom is 0.243 e. The Bertz CT molecular complexity index is 1060. The van der Waals surface area contributed by atoms with E-state index < -0.39 is 10.0 Å². The molecule has 1 aliphatic rings. The van der Waals surface area contributed by atoms with Crippen molar-refractivity contribution in [2.45, 2.75) is 30.7 Å². The number of sulfonamides is 1. The van der Waals surface area contributed by atoms with Gasteiger partial charge in [-0.25, -0.2) is 8.42 Å². The summed E-state index contributed by atoms with van der Waals surface area (Å²) in [6.45, 7) is 4.90. The molecule has 152 valence electrons. The maximum absolute atomic E-state index is 13.1. The van der Waals surface area contributed by atoms with Crippen molar-refractivity contribution in [2.75, 3.05) is 26.2 Å². The third-order valence-electron chi connectivity index (χ3n) is 5.95. The van der Waals surface area contributed by atoms with Crippen molar-refractivity contribution in [2.24, 2.45) is 0 Å². The molecule has 3 aromatic carbocycles. The second-order valence-corrected chi connectivity index (χ2v) is 9.76. The molecule has 1 aliphatic heterocycles. The quantitative estimate of drug-likeness (QED) is 0.615. The number of hydrogen-bond donors (Lipinski definition) is 0. The van der Waals surface area contributed by atoms with Gasteiger partial charge in [0, 0.05) is 32.2 Å². The number of aryl methyl sites for hydroxylation is 1. The number of fused-ring (bicyclic) bond motifs is 1. The van der Waals surface area contributed by atoms with Gasteiger partial charge in [0.1, 0.15) is 0 Å². The van der Waals surface area contributed by atoms with E-state index >= 15 is 0 Å². The second-order valence-electron chi connectivity index (χ2n) is 7.82. The molecular weight excluding hydrogens is 380 g/mol. The molecule has 0 amide bonds. The summed E-state index contributed by atoms with van der Waals surface area (Å²) < 4.78 is 27.9. The minimum atomic E-state index is -3.45. The molecule has 1 heterocycles. The van der Waals surface area contributed by atoms with Crippen molar-refractivity contribution in [3.63, 3.8) is 0 Å². The zero-order valence-electron chi connectivity index (χ0n) is 16.9. The van der Waals surface area contributed by atoms with Crippen LogP contribution in [0.25, 0.3) is 10.8 Å². The Morgan fingerprint density at radius 1 is 0.828 bits per heavy atom. The zero-order chi connectivity index (χ0) is 20.3. The Balaban J connectivity index is 1.37. The van der Waals surface area contributed by atoms with Gasteiger partial charge < -0.3 is 0 Å².